The van der Waals surface area contributed by atoms with Gasteiger partial charge >= 0.3 is 0 Å². The molecule has 0 saturated carbocycles. The average Bonchev–Trinajstić information content (AvgIpc) is 2.97. The van der Waals surface area contributed by atoms with E-state index < -0.39 is 0 Å². The van der Waals surface area contributed by atoms with Crippen molar-refractivity contribution in [2.45, 2.75) is 19.5 Å². The van der Waals surface area contributed by atoms with E-state index in [1.165, 1.54) is 0 Å². The quantitative estimate of drug-likeness (QED) is 0.766. The van der Waals surface area contributed by atoms with Gasteiger partial charge < -0.3 is 16.0 Å². The summed E-state index contributed by atoms with van der Waals surface area (Å²) in [5.41, 5.74) is 8.15. The molecule has 2 atom stereocenters. The molecular formula is C15H19N3O. The Morgan fingerprint density at radius 3 is 2.68 bits per heavy atom. The van der Waals surface area contributed by atoms with E-state index in [9.17, 15) is 4.79 Å². The molecule has 0 saturated heterocycles. The van der Waals surface area contributed by atoms with Gasteiger partial charge in [-0.1, -0.05) is 37.3 Å². The molecule has 0 aliphatic carbocycles. The fourth-order valence-corrected chi connectivity index (χ4v) is 1.95. The molecule has 0 aliphatic rings. The molecule has 0 bridgehead atoms. The first kappa shape index (κ1) is 13.4. The van der Waals surface area contributed by atoms with Gasteiger partial charge in [-0.3, -0.25) is 4.79 Å². The minimum atomic E-state index is -0.285. The maximum absolute atomic E-state index is 12.1. The van der Waals surface area contributed by atoms with Crippen molar-refractivity contribution in [1.82, 2.24) is 10.3 Å². The van der Waals surface area contributed by atoms with Crippen molar-refractivity contribution in [3.05, 3.63) is 59.9 Å². The Labute approximate surface area is 113 Å². The van der Waals surface area contributed by atoms with Crippen molar-refractivity contribution in [2.24, 2.45) is 11.7 Å². The van der Waals surface area contributed by atoms with Crippen molar-refractivity contribution in [1.29, 1.82) is 0 Å². The molecule has 2 unspecified atom stereocenters. The first-order chi connectivity index (χ1) is 9.18. The summed E-state index contributed by atoms with van der Waals surface area (Å²) in [4.78, 5) is 15.0. The summed E-state index contributed by atoms with van der Waals surface area (Å²) in [6.07, 6.45) is 3.70. The standard InChI is InChI=1S/C15H19N3O/c1-11(14(16)13-5-3-2-4-6-13)15(19)18-10-12-7-8-17-9-12/h2-9,11,14,17H,10,16H2,1H3,(H,18,19). The maximum atomic E-state index is 12.1. The predicted octanol–water partition coefficient (Wildman–Crippen LogP) is 1.97. The number of H-pyrrole nitrogens is 1. The van der Waals surface area contributed by atoms with Crippen LogP contribution in [0.25, 0.3) is 0 Å². The van der Waals surface area contributed by atoms with Crippen molar-refractivity contribution in [3.63, 3.8) is 0 Å². The van der Waals surface area contributed by atoms with Crippen molar-refractivity contribution in [2.75, 3.05) is 0 Å². The van der Waals surface area contributed by atoms with Gasteiger partial charge in [-0.2, -0.15) is 0 Å². The molecule has 0 aliphatic heterocycles. The predicted molar refractivity (Wildman–Crippen MR) is 75.2 cm³/mol. The van der Waals surface area contributed by atoms with E-state index >= 15 is 0 Å². The summed E-state index contributed by atoms with van der Waals surface area (Å²) in [5, 5.41) is 2.90. The van der Waals surface area contributed by atoms with E-state index in [1.54, 1.807) is 0 Å². The van der Waals surface area contributed by atoms with Crippen LogP contribution in [0.2, 0.25) is 0 Å². The summed E-state index contributed by atoms with van der Waals surface area (Å²) in [6.45, 7) is 2.37. The van der Waals surface area contributed by atoms with E-state index in [2.05, 4.69) is 10.3 Å². The molecule has 1 aromatic carbocycles. The van der Waals surface area contributed by atoms with E-state index in [4.69, 9.17) is 5.73 Å². The lowest BCUT2D eigenvalue weighted by atomic mass is 9.94. The molecule has 1 amide bonds. The first-order valence-corrected chi connectivity index (χ1v) is 6.38. The van der Waals surface area contributed by atoms with E-state index in [0.29, 0.717) is 6.54 Å². The summed E-state index contributed by atoms with van der Waals surface area (Å²) >= 11 is 0. The Balaban J connectivity index is 1.91. The number of rotatable bonds is 5. The number of amides is 1. The zero-order chi connectivity index (χ0) is 13.7. The average molecular weight is 257 g/mol. The minimum absolute atomic E-state index is 0.0300. The zero-order valence-electron chi connectivity index (χ0n) is 11.0. The normalized spacial score (nSPS) is 13.8. The molecule has 2 rings (SSSR count). The molecule has 4 N–H and O–H groups in total. The molecule has 1 aromatic heterocycles. The third-order valence-corrected chi connectivity index (χ3v) is 3.27. The fraction of sp³-hybridized carbons (Fsp3) is 0.267. The van der Waals surface area contributed by atoms with Gasteiger partial charge in [-0.05, 0) is 17.2 Å². The summed E-state index contributed by atoms with van der Waals surface area (Å²) in [5.74, 6) is -0.293. The summed E-state index contributed by atoms with van der Waals surface area (Å²) < 4.78 is 0. The fourth-order valence-electron chi connectivity index (χ4n) is 1.95. The van der Waals surface area contributed by atoms with Crippen LogP contribution in [-0.2, 0) is 11.3 Å². The molecule has 4 nitrogen and oxygen atoms in total. The second-order valence-corrected chi connectivity index (χ2v) is 4.66. The number of benzene rings is 1. The lowest BCUT2D eigenvalue weighted by Crippen LogP contribution is -2.35. The summed E-state index contributed by atoms with van der Waals surface area (Å²) in [6, 6.07) is 11.3. The second kappa shape index (κ2) is 6.20. The smallest absolute Gasteiger partial charge is 0.225 e. The highest BCUT2D eigenvalue weighted by molar-refractivity contribution is 5.79. The summed E-state index contributed by atoms with van der Waals surface area (Å²) in [7, 11) is 0. The number of carbonyl (C=O) groups excluding carboxylic acids is 1. The number of hydrogen-bond acceptors (Lipinski definition) is 2. The Kier molecular flexibility index (Phi) is 4.36. The van der Waals surface area contributed by atoms with Gasteiger partial charge in [0.05, 0.1) is 5.92 Å². The number of nitrogens with two attached hydrogens (primary N) is 1. The van der Waals surface area contributed by atoms with E-state index in [-0.39, 0.29) is 17.9 Å². The highest BCUT2D eigenvalue weighted by atomic mass is 16.1. The molecule has 0 fully saturated rings. The number of nitrogens with one attached hydrogen (secondary N) is 2. The van der Waals surface area contributed by atoms with Crippen LogP contribution in [0.1, 0.15) is 24.1 Å². The van der Waals surface area contributed by atoms with Crippen LogP contribution in [-0.4, -0.2) is 10.9 Å². The van der Waals surface area contributed by atoms with Crippen molar-refractivity contribution >= 4 is 5.91 Å². The second-order valence-electron chi connectivity index (χ2n) is 4.66. The molecule has 2 aromatic rings. The highest BCUT2D eigenvalue weighted by Gasteiger charge is 2.21. The van der Waals surface area contributed by atoms with Crippen LogP contribution in [0.15, 0.2) is 48.8 Å². The number of aromatic nitrogens is 1. The molecule has 1 heterocycles. The molecule has 19 heavy (non-hydrogen) atoms. The first-order valence-electron chi connectivity index (χ1n) is 6.38. The van der Waals surface area contributed by atoms with Crippen molar-refractivity contribution < 1.29 is 4.79 Å². The largest absolute Gasteiger partial charge is 0.367 e. The van der Waals surface area contributed by atoms with Gasteiger partial charge in [0.25, 0.3) is 0 Å². The zero-order valence-corrected chi connectivity index (χ0v) is 11.0. The number of aromatic amines is 1. The highest BCUT2D eigenvalue weighted by Crippen LogP contribution is 2.19. The monoisotopic (exact) mass is 257 g/mol. The Bertz CT molecular complexity index is 507. The topological polar surface area (TPSA) is 70.9 Å². The third-order valence-electron chi connectivity index (χ3n) is 3.27. The molecule has 0 radical (unpaired) electrons. The minimum Gasteiger partial charge on any atom is -0.367 e. The van der Waals surface area contributed by atoms with Crippen LogP contribution in [0, 0.1) is 5.92 Å². The van der Waals surface area contributed by atoms with Gasteiger partial charge in [0.1, 0.15) is 0 Å². The molecule has 100 valence electrons. The third kappa shape index (κ3) is 3.45. The van der Waals surface area contributed by atoms with E-state index in [0.717, 1.165) is 11.1 Å². The Morgan fingerprint density at radius 2 is 2.05 bits per heavy atom. The van der Waals surface area contributed by atoms with Gasteiger partial charge in [0.2, 0.25) is 5.91 Å². The molecule has 4 heteroatoms. The maximum Gasteiger partial charge on any atom is 0.225 e. The van der Waals surface area contributed by atoms with E-state index in [1.807, 2.05) is 55.7 Å². The van der Waals surface area contributed by atoms with Gasteiger partial charge in [0, 0.05) is 25.0 Å². The lowest BCUT2D eigenvalue weighted by molar-refractivity contribution is -0.125. The van der Waals surface area contributed by atoms with Crippen LogP contribution in [0.5, 0.6) is 0 Å². The lowest BCUT2D eigenvalue weighted by Gasteiger charge is -2.19. The van der Waals surface area contributed by atoms with Gasteiger partial charge in [-0.15, -0.1) is 0 Å². The Morgan fingerprint density at radius 1 is 1.32 bits per heavy atom. The molecular weight excluding hydrogens is 238 g/mol. The molecule has 0 spiro atoms. The van der Waals surface area contributed by atoms with Crippen LogP contribution < -0.4 is 11.1 Å². The van der Waals surface area contributed by atoms with Gasteiger partial charge in [-0.25, -0.2) is 0 Å². The number of hydrogen-bond donors (Lipinski definition) is 3. The van der Waals surface area contributed by atoms with Crippen molar-refractivity contribution in [3.8, 4) is 0 Å². The van der Waals surface area contributed by atoms with Crippen LogP contribution in [0.4, 0.5) is 0 Å². The van der Waals surface area contributed by atoms with Crippen LogP contribution >= 0.6 is 0 Å². The van der Waals surface area contributed by atoms with Gasteiger partial charge in [0.15, 0.2) is 0 Å². The Hall–Kier alpha value is -2.07. The number of carbonyl (C=O) groups is 1. The SMILES string of the molecule is CC(C(=O)NCc1cc[nH]c1)C(N)c1ccccc1. The van der Waals surface area contributed by atoms with Crippen LogP contribution in [0.3, 0.4) is 0 Å².